The van der Waals surface area contributed by atoms with Crippen LogP contribution in [0.1, 0.15) is 24.0 Å². The van der Waals surface area contributed by atoms with Crippen molar-refractivity contribution in [2.24, 2.45) is 0 Å². The number of urea groups is 1. The molecule has 1 aromatic heterocycles. The van der Waals surface area contributed by atoms with Gasteiger partial charge in [-0.3, -0.25) is 19.9 Å². The van der Waals surface area contributed by atoms with Gasteiger partial charge >= 0.3 is 12.1 Å². The number of rotatable bonds is 8. The predicted molar refractivity (Wildman–Crippen MR) is 148 cm³/mol. The second kappa shape index (κ2) is 13.9. The number of nitrogens with zero attached hydrogens (tertiary/aromatic N) is 2. The molecule has 1 aliphatic heterocycles. The van der Waals surface area contributed by atoms with Crippen LogP contribution in [0.25, 0.3) is 6.08 Å². The summed E-state index contributed by atoms with van der Waals surface area (Å²) in [7, 11) is 0. The van der Waals surface area contributed by atoms with Crippen LogP contribution in [0.2, 0.25) is 0 Å². The maximum absolute atomic E-state index is 14.9. The molecule has 218 valence electrons. The number of carbonyl (C=O) groups excluding carboxylic acids is 3. The molecule has 0 bridgehead atoms. The lowest BCUT2D eigenvalue weighted by atomic mass is 10.1. The number of piperidine rings is 1. The highest BCUT2D eigenvalue weighted by atomic mass is 19.1. The van der Waals surface area contributed by atoms with E-state index in [1.807, 2.05) is 0 Å². The minimum atomic E-state index is -1.35. The van der Waals surface area contributed by atoms with Crippen LogP contribution >= 0.6 is 0 Å². The second-order valence-electron chi connectivity index (χ2n) is 9.27. The van der Waals surface area contributed by atoms with Crippen molar-refractivity contribution in [1.82, 2.24) is 20.5 Å². The van der Waals surface area contributed by atoms with Gasteiger partial charge in [0.05, 0.1) is 6.42 Å². The SMILES string of the molecule is O=C(Cc1ccc(F)cc1)NC(=O)Nc1ccc(Oc2ccncc2/C=C/C(=O)N(C(=O)O)C2CCNCC2)c(F)c1. The Kier molecular flexibility index (Phi) is 9.90. The molecule has 13 heteroatoms. The van der Waals surface area contributed by atoms with Crippen molar-refractivity contribution in [3.8, 4) is 11.5 Å². The van der Waals surface area contributed by atoms with Gasteiger partial charge in [0.15, 0.2) is 11.6 Å². The monoisotopic (exact) mass is 579 g/mol. The summed E-state index contributed by atoms with van der Waals surface area (Å²) in [6, 6.07) is 8.95. The number of pyridine rings is 1. The molecular formula is C29H27F2N5O6. The number of ether oxygens (including phenoxy) is 1. The summed E-state index contributed by atoms with van der Waals surface area (Å²) in [5.41, 5.74) is 0.839. The van der Waals surface area contributed by atoms with E-state index in [0.29, 0.717) is 37.1 Å². The fourth-order valence-corrected chi connectivity index (χ4v) is 4.25. The quantitative estimate of drug-likeness (QED) is 0.288. The van der Waals surface area contributed by atoms with Crippen molar-refractivity contribution >= 4 is 35.7 Å². The van der Waals surface area contributed by atoms with E-state index >= 15 is 0 Å². The average molecular weight is 580 g/mol. The summed E-state index contributed by atoms with van der Waals surface area (Å²) in [5.74, 6) is -2.72. The van der Waals surface area contributed by atoms with Gasteiger partial charge in [-0.2, -0.15) is 0 Å². The van der Waals surface area contributed by atoms with Crippen LogP contribution in [0.5, 0.6) is 11.5 Å². The minimum absolute atomic E-state index is 0.0408. The molecule has 2 aromatic carbocycles. The molecule has 2 heterocycles. The first-order valence-corrected chi connectivity index (χ1v) is 12.9. The van der Waals surface area contributed by atoms with E-state index in [1.165, 1.54) is 60.9 Å². The Balaban J connectivity index is 1.38. The number of carbonyl (C=O) groups is 4. The number of nitrogens with one attached hydrogen (secondary N) is 3. The van der Waals surface area contributed by atoms with Gasteiger partial charge in [0.1, 0.15) is 11.6 Å². The zero-order chi connectivity index (χ0) is 30.1. The van der Waals surface area contributed by atoms with Crippen molar-refractivity contribution in [3.05, 3.63) is 89.8 Å². The van der Waals surface area contributed by atoms with Crippen molar-refractivity contribution in [3.63, 3.8) is 0 Å². The molecular weight excluding hydrogens is 552 g/mol. The van der Waals surface area contributed by atoms with Crippen molar-refractivity contribution in [2.45, 2.75) is 25.3 Å². The lowest BCUT2D eigenvalue weighted by Crippen LogP contribution is -2.48. The number of hydrogen-bond acceptors (Lipinski definition) is 7. The molecule has 4 rings (SSSR count). The Bertz CT molecular complexity index is 1490. The van der Waals surface area contributed by atoms with Crippen LogP contribution in [-0.2, 0) is 16.0 Å². The number of imide groups is 2. The summed E-state index contributed by atoms with van der Waals surface area (Å²) in [5, 5.41) is 17.2. The van der Waals surface area contributed by atoms with Gasteiger partial charge in [-0.15, -0.1) is 0 Å². The van der Waals surface area contributed by atoms with Crippen LogP contribution in [0, 0.1) is 11.6 Å². The molecule has 1 fully saturated rings. The third kappa shape index (κ3) is 8.17. The van der Waals surface area contributed by atoms with Crippen LogP contribution in [0.4, 0.5) is 24.1 Å². The summed E-state index contributed by atoms with van der Waals surface area (Å²) in [4.78, 5) is 53.5. The number of hydrogen-bond donors (Lipinski definition) is 4. The van der Waals surface area contributed by atoms with Gasteiger partial charge in [0, 0.05) is 41.8 Å². The summed E-state index contributed by atoms with van der Waals surface area (Å²) < 4.78 is 33.5. The molecule has 0 saturated carbocycles. The van der Waals surface area contributed by atoms with E-state index in [1.54, 1.807) is 0 Å². The van der Waals surface area contributed by atoms with E-state index in [-0.39, 0.29) is 23.6 Å². The normalized spacial score (nSPS) is 13.4. The Labute approximate surface area is 239 Å². The summed E-state index contributed by atoms with van der Waals surface area (Å²) in [6.07, 6.45) is 4.71. The van der Waals surface area contributed by atoms with E-state index in [0.717, 1.165) is 17.0 Å². The summed E-state index contributed by atoms with van der Waals surface area (Å²) >= 11 is 0. The number of carboxylic acid groups (broad SMARTS) is 1. The highest BCUT2D eigenvalue weighted by Gasteiger charge is 2.29. The number of aromatic nitrogens is 1. The lowest BCUT2D eigenvalue weighted by molar-refractivity contribution is -0.126. The number of anilines is 1. The van der Waals surface area contributed by atoms with Crippen LogP contribution < -0.4 is 20.7 Å². The van der Waals surface area contributed by atoms with E-state index in [4.69, 9.17) is 4.74 Å². The molecule has 4 N–H and O–H groups in total. The Morgan fingerprint density at radius 3 is 2.48 bits per heavy atom. The molecule has 5 amide bonds. The van der Waals surface area contributed by atoms with Crippen LogP contribution in [-0.4, -0.2) is 58.1 Å². The molecule has 0 spiro atoms. The van der Waals surface area contributed by atoms with Crippen LogP contribution in [0.3, 0.4) is 0 Å². The smallest absolute Gasteiger partial charge is 0.414 e. The van der Waals surface area contributed by atoms with Crippen molar-refractivity contribution in [1.29, 1.82) is 0 Å². The Morgan fingerprint density at radius 2 is 1.79 bits per heavy atom. The first-order valence-electron chi connectivity index (χ1n) is 12.9. The van der Waals surface area contributed by atoms with Gasteiger partial charge in [-0.25, -0.2) is 23.3 Å². The van der Waals surface area contributed by atoms with Crippen molar-refractivity contribution in [2.75, 3.05) is 18.4 Å². The fraction of sp³-hybridized carbons (Fsp3) is 0.207. The molecule has 0 atom stereocenters. The minimum Gasteiger partial charge on any atom is -0.465 e. The van der Waals surface area contributed by atoms with Crippen molar-refractivity contribution < 1.29 is 37.8 Å². The van der Waals surface area contributed by atoms with Gasteiger partial charge in [0.2, 0.25) is 5.91 Å². The third-order valence-electron chi connectivity index (χ3n) is 6.27. The lowest BCUT2D eigenvalue weighted by Gasteiger charge is -2.30. The fourth-order valence-electron chi connectivity index (χ4n) is 4.25. The third-order valence-corrected chi connectivity index (χ3v) is 6.27. The highest BCUT2D eigenvalue weighted by Crippen LogP contribution is 2.29. The maximum Gasteiger partial charge on any atom is 0.414 e. The molecule has 42 heavy (non-hydrogen) atoms. The van der Waals surface area contributed by atoms with Crippen LogP contribution in [0.15, 0.2) is 67.0 Å². The van der Waals surface area contributed by atoms with Gasteiger partial charge in [-0.1, -0.05) is 12.1 Å². The standard InChI is InChI=1S/C29H27F2N5O6/c30-20-4-1-18(2-5-20)15-26(37)35-28(39)34-21-6-7-25(23(31)16-21)42-24-11-14-33-17-19(24)3-8-27(38)36(29(40)41)22-9-12-32-13-10-22/h1-8,11,14,16-17,22,32H,9-10,12-13,15H2,(H,40,41)(H2,34,35,37,39)/b8-3+. The molecule has 0 aliphatic carbocycles. The van der Waals surface area contributed by atoms with E-state index < -0.39 is 41.6 Å². The predicted octanol–water partition coefficient (Wildman–Crippen LogP) is 4.31. The zero-order valence-electron chi connectivity index (χ0n) is 22.2. The number of amides is 5. The van der Waals surface area contributed by atoms with Gasteiger partial charge in [-0.05, 0) is 67.9 Å². The molecule has 1 aliphatic rings. The molecule has 0 unspecified atom stereocenters. The molecule has 3 aromatic rings. The van der Waals surface area contributed by atoms with E-state index in [9.17, 15) is 33.1 Å². The highest BCUT2D eigenvalue weighted by molar-refractivity contribution is 6.02. The van der Waals surface area contributed by atoms with Gasteiger partial charge < -0.3 is 20.5 Å². The largest absolute Gasteiger partial charge is 0.465 e. The first kappa shape index (κ1) is 29.8. The molecule has 0 radical (unpaired) electrons. The zero-order valence-corrected chi connectivity index (χ0v) is 22.2. The molecule has 11 nitrogen and oxygen atoms in total. The number of halogens is 2. The second-order valence-corrected chi connectivity index (χ2v) is 9.27. The Hall–Kier alpha value is -5.17. The first-order chi connectivity index (χ1) is 20.2. The number of benzene rings is 2. The van der Waals surface area contributed by atoms with E-state index in [2.05, 4.69) is 20.9 Å². The Morgan fingerprint density at radius 1 is 1.05 bits per heavy atom. The topological polar surface area (TPSA) is 150 Å². The van der Waals surface area contributed by atoms with Gasteiger partial charge in [0.25, 0.3) is 5.91 Å². The summed E-state index contributed by atoms with van der Waals surface area (Å²) in [6.45, 7) is 1.21. The molecule has 1 saturated heterocycles. The average Bonchev–Trinajstić information content (AvgIpc) is 2.95. The maximum atomic E-state index is 14.9.